The van der Waals surface area contributed by atoms with Gasteiger partial charge in [0.2, 0.25) is 0 Å². The van der Waals surface area contributed by atoms with E-state index < -0.39 is 0 Å². The van der Waals surface area contributed by atoms with Gasteiger partial charge in [0.15, 0.2) is 0 Å². The first-order chi connectivity index (χ1) is 18.8. The van der Waals surface area contributed by atoms with Crippen molar-refractivity contribution in [2.45, 2.75) is 0 Å². The number of rotatable bonds is 2. The van der Waals surface area contributed by atoms with E-state index in [-0.39, 0.29) is 0 Å². The van der Waals surface area contributed by atoms with E-state index in [1.807, 2.05) is 24.3 Å². The number of nitriles is 1. The van der Waals surface area contributed by atoms with Crippen LogP contribution in [0.4, 0.5) is 0 Å². The summed E-state index contributed by atoms with van der Waals surface area (Å²) in [7, 11) is 0. The van der Waals surface area contributed by atoms with Gasteiger partial charge in [-0.2, -0.15) is 5.26 Å². The van der Waals surface area contributed by atoms with E-state index in [4.69, 9.17) is 0 Å². The number of fused-ring (bicyclic) bond motifs is 8. The molecule has 38 heavy (non-hydrogen) atoms. The summed E-state index contributed by atoms with van der Waals surface area (Å²) < 4.78 is 4.74. The van der Waals surface area contributed by atoms with Crippen LogP contribution in [0.5, 0.6) is 0 Å². The zero-order valence-electron chi connectivity index (χ0n) is 20.5. The predicted octanol–water partition coefficient (Wildman–Crippen LogP) is 8.91. The van der Waals surface area contributed by atoms with Crippen molar-refractivity contribution >= 4 is 54.4 Å². The Morgan fingerprint density at radius 2 is 1.05 bits per heavy atom. The smallest absolute Gasteiger partial charge is 0.131 e. The lowest BCUT2D eigenvalue weighted by Gasteiger charge is -2.14. The minimum atomic E-state index is 0.700. The number of para-hydroxylation sites is 3. The van der Waals surface area contributed by atoms with E-state index in [9.17, 15) is 5.26 Å². The monoisotopic (exact) mass is 483 g/mol. The van der Waals surface area contributed by atoms with Crippen molar-refractivity contribution in [1.29, 1.82) is 5.26 Å². The Balaban J connectivity index is 1.55. The molecule has 0 saturated heterocycles. The number of benzene rings is 6. The minimum absolute atomic E-state index is 0.700. The number of hydrogen-bond donors (Lipinski definition) is 0. The van der Waals surface area contributed by atoms with E-state index in [1.165, 1.54) is 21.7 Å². The fourth-order valence-electron chi connectivity index (χ4n) is 6.13. The third-order valence-electron chi connectivity index (χ3n) is 7.71. The van der Waals surface area contributed by atoms with Gasteiger partial charge in [0.05, 0.1) is 22.7 Å². The molecule has 2 heterocycles. The summed E-state index contributed by atoms with van der Waals surface area (Å²) in [6.07, 6.45) is 0. The molecule has 3 nitrogen and oxygen atoms in total. The van der Waals surface area contributed by atoms with Gasteiger partial charge in [-0.25, -0.2) is 0 Å². The number of aromatic nitrogens is 2. The Morgan fingerprint density at radius 3 is 1.74 bits per heavy atom. The fraction of sp³-hybridized carbons (Fsp3) is 0. The largest absolute Gasteiger partial charge is 0.295 e. The van der Waals surface area contributed by atoms with Gasteiger partial charge in [0, 0.05) is 32.9 Å². The molecular formula is C35H21N3. The second kappa shape index (κ2) is 7.83. The van der Waals surface area contributed by atoms with Gasteiger partial charge in [-0.15, -0.1) is 0 Å². The molecule has 2 aromatic heterocycles. The average Bonchev–Trinajstić information content (AvgIpc) is 3.49. The first-order valence-corrected chi connectivity index (χ1v) is 12.8. The molecule has 0 fully saturated rings. The Labute approximate surface area is 219 Å². The van der Waals surface area contributed by atoms with E-state index in [0.29, 0.717) is 5.56 Å². The van der Waals surface area contributed by atoms with E-state index in [1.54, 1.807) is 0 Å². The number of nitrogens with zero attached hydrogens (tertiary/aromatic N) is 3. The van der Waals surface area contributed by atoms with Crippen LogP contribution in [0, 0.1) is 11.3 Å². The molecule has 6 aromatic carbocycles. The third kappa shape index (κ3) is 2.77. The highest BCUT2D eigenvalue weighted by Crippen LogP contribution is 2.41. The van der Waals surface area contributed by atoms with Crippen LogP contribution in [-0.2, 0) is 0 Å². The number of hydrogen-bond acceptors (Lipinski definition) is 1. The average molecular weight is 484 g/mol. The van der Waals surface area contributed by atoms with Crippen LogP contribution < -0.4 is 0 Å². The molecule has 0 atom stereocenters. The van der Waals surface area contributed by atoms with Gasteiger partial charge in [-0.05, 0) is 58.6 Å². The molecule has 0 saturated carbocycles. The van der Waals surface area contributed by atoms with Crippen molar-refractivity contribution in [3.63, 3.8) is 0 Å². The molecular weight excluding hydrogens is 462 g/mol. The molecule has 3 heteroatoms. The molecule has 0 amide bonds. The zero-order chi connectivity index (χ0) is 25.2. The first-order valence-electron chi connectivity index (χ1n) is 12.8. The lowest BCUT2D eigenvalue weighted by molar-refractivity contribution is 1.07. The summed E-state index contributed by atoms with van der Waals surface area (Å²) in [6.45, 7) is 0. The Morgan fingerprint density at radius 1 is 0.474 bits per heavy atom. The Kier molecular flexibility index (Phi) is 4.29. The molecule has 176 valence electrons. The molecule has 0 aliphatic heterocycles. The highest BCUT2D eigenvalue weighted by Gasteiger charge is 2.21. The van der Waals surface area contributed by atoms with Crippen LogP contribution in [0.3, 0.4) is 0 Å². The Hall–Kier alpha value is -5.33. The summed E-state index contributed by atoms with van der Waals surface area (Å²) in [6, 6.07) is 47.1. The summed E-state index contributed by atoms with van der Waals surface area (Å²) in [4.78, 5) is 0. The molecule has 0 N–H and O–H groups in total. The molecule has 0 unspecified atom stereocenters. The zero-order valence-corrected chi connectivity index (χ0v) is 20.5. The fourth-order valence-corrected chi connectivity index (χ4v) is 6.13. The standard InChI is InChI=1S/C35H21N3/c36-22-24-20-23-21-26(18-19-28(23)29-13-5-4-12-27(24)29)38-33-17-9-7-15-31(33)34-30-14-6-8-16-32(30)37(35(34)38)25-10-2-1-3-11-25/h1-21H. The van der Waals surface area contributed by atoms with Crippen LogP contribution in [-0.4, -0.2) is 9.13 Å². The van der Waals surface area contributed by atoms with E-state index in [0.717, 1.165) is 44.1 Å². The van der Waals surface area contributed by atoms with Crippen LogP contribution in [0.25, 0.3) is 65.8 Å². The van der Waals surface area contributed by atoms with Gasteiger partial charge in [0.1, 0.15) is 5.65 Å². The molecule has 0 bridgehead atoms. The minimum Gasteiger partial charge on any atom is -0.295 e. The van der Waals surface area contributed by atoms with Crippen LogP contribution in [0.2, 0.25) is 0 Å². The van der Waals surface area contributed by atoms with Crippen molar-refractivity contribution in [2.75, 3.05) is 0 Å². The van der Waals surface area contributed by atoms with Crippen LogP contribution >= 0.6 is 0 Å². The van der Waals surface area contributed by atoms with Gasteiger partial charge in [-0.1, -0.05) is 84.9 Å². The van der Waals surface area contributed by atoms with Crippen molar-refractivity contribution in [3.05, 3.63) is 133 Å². The lowest BCUT2D eigenvalue weighted by atomic mass is 9.97. The van der Waals surface area contributed by atoms with Gasteiger partial charge in [-0.3, -0.25) is 9.13 Å². The third-order valence-corrected chi connectivity index (χ3v) is 7.71. The summed E-state index contributed by atoms with van der Waals surface area (Å²) in [5.74, 6) is 0. The van der Waals surface area contributed by atoms with Crippen LogP contribution in [0.1, 0.15) is 5.56 Å². The predicted molar refractivity (Wildman–Crippen MR) is 157 cm³/mol. The highest BCUT2D eigenvalue weighted by molar-refractivity contribution is 6.22. The summed E-state index contributed by atoms with van der Waals surface area (Å²) in [5.41, 5.74) is 6.38. The quantitative estimate of drug-likeness (QED) is 0.226. The second-order valence-corrected chi connectivity index (χ2v) is 9.73. The van der Waals surface area contributed by atoms with Crippen molar-refractivity contribution in [3.8, 4) is 17.4 Å². The maximum atomic E-state index is 9.92. The molecule has 8 rings (SSSR count). The highest BCUT2D eigenvalue weighted by atomic mass is 15.1. The Bertz CT molecular complexity index is 2240. The summed E-state index contributed by atoms with van der Waals surface area (Å²) >= 11 is 0. The summed E-state index contributed by atoms with van der Waals surface area (Å²) in [5, 5.41) is 17.9. The van der Waals surface area contributed by atoms with Crippen LogP contribution in [0.15, 0.2) is 127 Å². The molecule has 0 aliphatic carbocycles. The maximum Gasteiger partial charge on any atom is 0.131 e. The first kappa shape index (κ1) is 20.8. The van der Waals surface area contributed by atoms with Crippen molar-refractivity contribution in [1.82, 2.24) is 9.13 Å². The van der Waals surface area contributed by atoms with Gasteiger partial charge in [0.25, 0.3) is 0 Å². The molecule has 0 radical (unpaired) electrons. The lowest BCUT2D eigenvalue weighted by Crippen LogP contribution is -2.01. The maximum absolute atomic E-state index is 9.92. The topological polar surface area (TPSA) is 33.6 Å². The molecule has 0 spiro atoms. The van der Waals surface area contributed by atoms with Crippen molar-refractivity contribution < 1.29 is 0 Å². The normalized spacial score (nSPS) is 11.7. The second-order valence-electron chi connectivity index (χ2n) is 9.73. The SMILES string of the molecule is N#Cc1cc2cc(-n3c4ccccc4c4c5ccccc5n(-c5ccccc5)c43)ccc2c2ccccc12. The van der Waals surface area contributed by atoms with Gasteiger partial charge >= 0.3 is 0 Å². The molecule has 0 aliphatic rings. The van der Waals surface area contributed by atoms with E-state index in [2.05, 4.69) is 118 Å². The van der Waals surface area contributed by atoms with Crippen molar-refractivity contribution in [2.24, 2.45) is 0 Å². The van der Waals surface area contributed by atoms with Gasteiger partial charge < -0.3 is 0 Å². The molecule has 8 aromatic rings. The van der Waals surface area contributed by atoms with E-state index >= 15 is 0 Å².